The zero-order valence-corrected chi connectivity index (χ0v) is 10.0. The van der Waals surface area contributed by atoms with Crippen LogP contribution in [0.4, 0.5) is 5.69 Å². The van der Waals surface area contributed by atoms with Gasteiger partial charge >= 0.3 is 0 Å². The molecular weight excluding hydrogens is 220 g/mol. The van der Waals surface area contributed by atoms with Crippen LogP contribution in [0.5, 0.6) is 0 Å². The monoisotopic (exact) mass is 238 g/mol. The van der Waals surface area contributed by atoms with Gasteiger partial charge < -0.3 is 21.3 Å². The number of carbonyl (C=O) groups is 1. The van der Waals surface area contributed by atoms with E-state index in [2.05, 4.69) is 5.32 Å². The third-order valence-electron chi connectivity index (χ3n) is 2.51. The van der Waals surface area contributed by atoms with E-state index in [0.717, 1.165) is 5.56 Å². The van der Waals surface area contributed by atoms with E-state index in [1.54, 1.807) is 18.2 Å². The number of aliphatic hydroxyl groups excluding tert-OH is 1. The lowest BCUT2D eigenvalue weighted by Gasteiger charge is -2.20. The summed E-state index contributed by atoms with van der Waals surface area (Å²) in [5.74, 6) is -0.328. The molecule has 0 aliphatic heterocycles. The number of nitrogens with two attached hydrogens (primary N) is 1. The molecule has 1 aromatic rings. The van der Waals surface area contributed by atoms with Gasteiger partial charge in [0.15, 0.2) is 0 Å². The van der Waals surface area contributed by atoms with Crippen LogP contribution in [0.2, 0.25) is 0 Å². The smallest absolute Gasteiger partial charge is 0.251 e. The molecule has 5 heteroatoms. The van der Waals surface area contributed by atoms with Gasteiger partial charge in [0.1, 0.15) is 5.60 Å². The Labute approximate surface area is 100 Å². The molecule has 1 amide bonds. The lowest BCUT2D eigenvalue weighted by Crippen LogP contribution is -2.43. The fourth-order valence-corrected chi connectivity index (χ4v) is 1.21. The van der Waals surface area contributed by atoms with Crippen molar-refractivity contribution in [2.45, 2.75) is 19.4 Å². The Kier molecular flexibility index (Phi) is 4.09. The second-order valence-electron chi connectivity index (χ2n) is 4.41. The lowest BCUT2D eigenvalue weighted by atomic mass is 10.1. The molecule has 0 aliphatic carbocycles. The molecule has 0 aromatic heterocycles. The lowest BCUT2D eigenvalue weighted by molar-refractivity contribution is 0.00320. The maximum Gasteiger partial charge on any atom is 0.251 e. The van der Waals surface area contributed by atoms with Gasteiger partial charge in [0.2, 0.25) is 0 Å². The van der Waals surface area contributed by atoms with E-state index in [0.29, 0.717) is 11.3 Å². The number of anilines is 1. The SMILES string of the molecule is Cc1ccc(C(=O)NCC(C)(O)CO)cc1N. The third-order valence-corrected chi connectivity index (χ3v) is 2.51. The Hall–Kier alpha value is -1.59. The molecule has 5 nitrogen and oxygen atoms in total. The number of aliphatic hydroxyl groups is 2. The Morgan fingerprint density at radius 1 is 1.53 bits per heavy atom. The standard InChI is InChI=1S/C12H18N2O3/c1-8-3-4-9(5-10(8)13)11(16)14-6-12(2,17)7-15/h3-5,15,17H,6-7,13H2,1-2H3,(H,14,16). The van der Waals surface area contributed by atoms with Crippen LogP contribution in [0.15, 0.2) is 18.2 Å². The summed E-state index contributed by atoms with van der Waals surface area (Å²) < 4.78 is 0. The van der Waals surface area contributed by atoms with Gasteiger partial charge in [0.05, 0.1) is 6.61 Å². The molecule has 1 atom stereocenters. The highest BCUT2D eigenvalue weighted by Gasteiger charge is 2.20. The number of hydrogen-bond donors (Lipinski definition) is 4. The van der Waals surface area contributed by atoms with Gasteiger partial charge in [-0.15, -0.1) is 0 Å². The summed E-state index contributed by atoms with van der Waals surface area (Å²) >= 11 is 0. The van der Waals surface area contributed by atoms with E-state index in [1.807, 2.05) is 6.92 Å². The molecule has 0 heterocycles. The van der Waals surface area contributed by atoms with Crippen molar-refractivity contribution < 1.29 is 15.0 Å². The first-order valence-electron chi connectivity index (χ1n) is 5.33. The summed E-state index contributed by atoms with van der Waals surface area (Å²) in [4.78, 5) is 11.7. The van der Waals surface area contributed by atoms with Crippen LogP contribution in [0, 0.1) is 6.92 Å². The topological polar surface area (TPSA) is 95.6 Å². The number of carbonyl (C=O) groups excluding carboxylic acids is 1. The molecule has 1 rings (SSSR count). The van der Waals surface area contributed by atoms with E-state index >= 15 is 0 Å². The fraction of sp³-hybridized carbons (Fsp3) is 0.417. The second kappa shape index (κ2) is 5.16. The minimum atomic E-state index is -1.31. The van der Waals surface area contributed by atoms with Crippen molar-refractivity contribution in [2.24, 2.45) is 0 Å². The fourth-order valence-electron chi connectivity index (χ4n) is 1.21. The maximum atomic E-state index is 11.7. The molecule has 0 saturated carbocycles. The van der Waals surface area contributed by atoms with E-state index in [1.165, 1.54) is 6.92 Å². The highest BCUT2D eigenvalue weighted by atomic mass is 16.3. The molecule has 17 heavy (non-hydrogen) atoms. The van der Waals surface area contributed by atoms with Gasteiger partial charge in [0, 0.05) is 17.8 Å². The van der Waals surface area contributed by atoms with Gasteiger partial charge in [-0.25, -0.2) is 0 Å². The average molecular weight is 238 g/mol. The quantitative estimate of drug-likeness (QED) is 0.557. The van der Waals surface area contributed by atoms with Gasteiger partial charge in [0.25, 0.3) is 5.91 Å². The molecular formula is C12H18N2O3. The van der Waals surface area contributed by atoms with Crippen molar-refractivity contribution in [1.82, 2.24) is 5.32 Å². The van der Waals surface area contributed by atoms with Crippen molar-refractivity contribution in [2.75, 3.05) is 18.9 Å². The predicted octanol–water partition coefficient (Wildman–Crippen LogP) is 0.0503. The van der Waals surface area contributed by atoms with Crippen LogP contribution >= 0.6 is 0 Å². The van der Waals surface area contributed by atoms with Crippen molar-refractivity contribution in [3.63, 3.8) is 0 Å². The first-order valence-corrected chi connectivity index (χ1v) is 5.33. The maximum absolute atomic E-state index is 11.7. The zero-order valence-electron chi connectivity index (χ0n) is 10.0. The summed E-state index contributed by atoms with van der Waals surface area (Å²) in [5, 5.41) is 20.9. The molecule has 0 aliphatic rings. The van der Waals surface area contributed by atoms with Crippen LogP contribution in [-0.4, -0.2) is 34.9 Å². The van der Waals surface area contributed by atoms with Crippen molar-refractivity contribution in [3.05, 3.63) is 29.3 Å². The highest BCUT2D eigenvalue weighted by molar-refractivity contribution is 5.95. The predicted molar refractivity (Wildman–Crippen MR) is 65.6 cm³/mol. The highest BCUT2D eigenvalue weighted by Crippen LogP contribution is 2.12. The zero-order chi connectivity index (χ0) is 13.1. The molecule has 0 radical (unpaired) electrons. The first kappa shape index (κ1) is 13.5. The average Bonchev–Trinajstić information content (AvgIpc) is 2.30. The number of aryl methyl sites for hydroxylation is 1. The van der Waals surface area contributed by atoms with Crippen LogP contribution in [0.1, 0.15) is 22.8 Å². The summed E-state index contributed by atoms with van der Waals surface area (Å²) in [6, 6.07) is 5.00. The largest absolute Gasteiger partial charge is 0.398 e. The molecule has 0 fully saturated rings. The van der Waals surface area contributed by atoms with E-state index in [-0.39, 0.29) is 12.5 Å². The first-order chi connectivity index (χ1) is 7.85. The number of amides is 1. The molecule has 1 aromatic carbocycles. The Balaban J connectivity index is 2.68. The number of hydrogen-bond acceptors (Lipinski definition) is 4. The van der Waals surface area contributed by atoms with E-state index < -0.39 is 12.2 Å². The van der Waals surface area contributed by atoms with E-state index in [4.69, 9.17) is 10.8 Å². The summed E-state index contributed by atoms with van der Waals surface area (Å²) in [6.45, 7) is 2.86. The van der Waals surface area contributed by atoms with Crippen molar-refractivity contribution >= 4 is 11.6 Å². The summed E-state index contributed by atoms with van der Waals surface area (Å²) in [6.07, 6.45) is 0. The van der Waals surface area contributed by atoms with Crippen molar-refractivity contribution in [3.8, 4) is 0 Å². The molecule has 5 N–H and O–H groups in total. The van der Waals surface area contributed by atoms with Crippen LogP contribution in [0.25, 0.3) is 0 Å². The van der Waals surface area contributed by atoms with Crippen LogP contribution < -0.4 is 11.1 Å². The number of nitrogens with one attached hydrogen (secondary N) is 1. The Bertz CT molecular complexity index is 416. The second-order valence-corrected chi connectivity index (χ2v) is 4.41. The molecule has 0 saturated heterocycles. The van der Waals surface area contributed by atoms with Gasteiger partial charge in [-0.05, 0) is 31.5 Å². The molecule has 0 bridgehead atoms. The molecule has 0 spiro atoms. The minimum absolute atomic E-state index is 0.0177. The van der Waals surface area contributed by atoms with Gasteiger partial charge in [-0.1, -0.05) is 6.07 Å². The summed E-state index contributed by atoms with van der Waals surface area (Å²) in [5.41, 5.74) is 6.27. The van der Waals surface area contributed by atoms with Crippen LogP contribution in [-0.2, 0) is 0 Å². The van der Waals surface area contributed by atoms with E-state index in [9.17, 15) is 9.90 Å². The van der Waals surface area contributed by atoms with Crippen molar-refractivity contribution in [1.29, 1.82) is 0 Å². The summed E-state index contributed by atoms with van der Waals surface area (Å²) in [7, 11) is 0. The number of rotatable bonds is 4. The Morgan fingerprint density at radius 3 is 2.71 bits per heavy atom. The normalized spacial score (nSPS) is 14.1. The number of nitrogen functional groups attached to an aromatic ring is 1. The van der Waals surface area contributed by atoms with Gasteiger partial charge in [-0.2, -0.15) is 0 Å². The third kappa shape index (κ3) is 3.72. The van der Waals surface area contributed by atoms with Crippen LogP contribution in [0.3, 0.4) is 0 Å². The molecule has 1 unspecified atom stereocenters. The minimum Gasteiger partial charge on any atom is -0.398 e. The number of benzene rings is 1. The Morgan fingerprint density at radius 2 is 2.18 bits per heavy atom. The molecule has 94 valence electrons. The van der Waals surface area contributed by atoms with Gasteiger partial charge in [-0.3, -0.25) is 4.79 Å².